The Morgan fingerprint density at radius 1 is 1.50 bits per heavy atom. The van der Waals surface area contributed by atoms with Crippen LogP contribution in [0.25, 0.3) is 11.2 Å². The van der Waals surface area contributed by atoms with Crippen molar-refractivity contribution < 1.29 is 0 Å². The Labute approximate surface area is 127 Å². The minimum atomic E-state index is 0.311. The molecule has 1 atom stereocenters. The van der Waals surface area contributed by atoms with Crippen LogP contribution in [-0.2, 0) is 19.9 Å². The first-order valence-electron chi connectivity index (χ1n) is 6.79. The molecule has 0 aliphatic carbocycles. The first-order valence-corrected chi connectivity index (χ1v) is 8.14. The maximum atomic E-state index is 5.51. The highest BCUT2D eigenvalue weighted by Crippen LogP contribution is 2.24. The van der Waals surface area contributed by atoms with E-state index in [0.29, 0.717) is 6.04 Å². The highest BCUT2D eigenvalue weighted by atomic mass is 32.1. The Bertz CT molecular complexity index is 776. The number of thiophene rings is 1. The average Bonchev–Trinajstić information content (AvgIpc) is 3.08. The lowest BCUT2D eigenvalue weighted by molar-refractivity contribution is 0.539. The second-order valence-electron chi connectivity index (χ2n) is 5.11. The van der Waals surface area contributed by atoms with Gasteiger partial charge in [0, 0.05) is 13.1 Å². The maximum Gasteiger partial charge on any atom is 0.179 e. The van der Waals surface area contributed by atoms with Crippen LogP contribution in [0.4, 0.5) is 0 Å². The topological polar surface area (TPSA) is 38.5 Å². The molecule has 0 saturated carbocycles. The predicted molar refractivity (Wildman–Crippen MR) is 86.0 cm³/mol. The van der Waals surface area contributed by atoms with Gasteiger partial charge in [-0.15, -0.1) is 0 Å². The molecule has 0 saturated heterocycles. The van der Waals surface area contributed by atoms with E-state index >= 15 is 0 Å². The summed E-state index contributed by atoms with van der Waals surface area (Å²) in [5.74, 6) is 0. The molecule has 3 heterocycles. The summed E-state index contributed by atoms with van der Waals surface area (Å²) in [6.45, 7) is 4.32. The van der Waals surface area contributed by atoms with Crippen LogP contribution in [0.2, 0.25) is 0 Å². The number of aryl methyl sites for hydroxylation is 2. The number of nitrogens with one attached hydrogen (secondary N) is 1. The van der Waals surface area contributed by atoms with E-state index in [1.54, 1.807) is 11.3 Å². The zero-order valence-electron chi connectivity index (χ0n) is 11.9. The normalized spacial score (nSPS) is 13.2. The fraction of sp³-hybridized carbons (Fsp3) is 0.429. The van der Waals surface area contributed by atoms with Crippen LogP contribution < -0.4 is 0 Å². The van der Waals surface area contributed by atoms with Crippen molar-refractivity contribution in [1.82, 2.24) is 19.3 Å². The van der Waals surface area contributed by atoms with Crippen LogP contribution in [0.3, 0.4) is 0 Å². The molecule has 3 rings (SSSR count). The maximum absolute atomic E-state index is 5.51. The summed E-state index contributed by atoms with van der Waals surface area (Å²) >= 11 is 7.25. The van der Waals surface area contributed by atoms with Gasteiger partial charge in [-0.1, -0.05) is 6.92 Å². The highest BCUT2D eigenvalue weighted by Gasteiger charge is 2.18. The number of nitrogens with zero attached hydrogens (tertiary/aromatic N) is 3. The van der Waals surface area contributed by atoms with Crippen molar-refractivity contribution in [3.8, 4) is 0 Å². The van der Waals surface area contributed by atoms with E-state index in [0.717, 1.165) is 34.5 Å². The molecule has 6 heteroatoms. The molecule has 0 aromatic carbocycles. The number of H-pyrrole nitrogens is 1. The first kappa shape index (κ1) is 13.6. The number of hydrogen-bond donors (Lipinski definition) is 1. The largest absolute Gasteiger partial charge is 0.328 e. The van der Waals surface area contributed by atoms with E-state index in [1.807, 2.05) is 11.7 Å². The van der Waals surface area contributed by atoms with Gasteiger partial charge in [-0.3, -0.25) is 9.25 Å². The lowest BCUT2D eigenvalue weighted by atomic mass is 10.1. The van der Waals surface area contributed by atoms with Gasteiger partial charge in [-0.2, -0.15) is 16.4 Å². The minimum absolute atomic E-state index is 0.311. The summed E-state index contributed by atoms with van der Waals surface area (Å²) < 4.78 is 4.91. The van der Waals surface area contributed by atoms with Crippen LogP contribution in [0.15, 0.2) is 16.8 Å². The molecule has 0 aliphatic heterocycles. The number of fused-ring (bicyclic) bond motifs is 1. The average molecular weight is 306 g/mol. The van der Waals surface area contributed by atoms with Crippen LogP contribution in [0.5, 0.6) is 0 Å². The Morgan fingerprint density at radius 2 is 2.30 bits per heavy atom. The zero-order chi connectivity index (χ0) is 14.3. The quantitative estimate of drug-likeness (QED) is 0.743. The van der Waals surface area contributed by atoms with Gasteiger partial charge >= 0.3 is 0 Å². The van der Waals surface area contributed by atoms with E-state index in [2.05, 4.69) is 45.3 Å². The molecule has 1 N–H and O–H groups in total. The minimum Gasteiger partial charge on any atom is -0.328 e. The number of imidazole rings is 1. The van der Waals surface area contributed by atoms with E-state index < -0.39 is 0 Å². The van der Waals surface area contributed by atoms with Crippen molar-refractivity contribution in [2.45, 2.75) is 32.7 Å². The smallest absolute Gasteiger partial charge is 0.179 e. The Kier molecular flexibility index (Phi) is 3.52. The molecule has 20 heavy (non-hydrogen) atoms. The molecule has 0 bridgehead atoms. The van der Waals surface area contributed by atoms with Gasteiger partial charge in [-0.05, 0) is 54.4 Å². The number of rotatable bonds is 4. The molecule has 0 amide bonds. The fourth-order valence-electron chi connectivity index (χ4n) is 2.73. The molecule has 106 valence electrons. The molecular formula is C14H18N4S2. The third-order valence-corrected chi connectivity index (χ3v) is 4.69. The van der Waals surface area contributed by atoms with E-state index in [1.165, 1.54) is 5.56 Å². The third kappa shape index (κ3) is 2.13. The molecule has 1 unspecified atom stereocenters. The van der Waals surface area contributed by atoms with Crippen molar-refractivity contribution in [3.63, 3.8) is 0 Å². The Morgan fingerprint density at radius 3 is 2.95 bits per heavy atom. The second-order valence-corrected chi connectivity index (χ2v) is 6.27. The number of hydrogen-bond acceptors (Lipinski definition) is 3. The Hall–Kier alpha value is -1.40. The van der Waals surface area contributed by atoms with E-state index in [-0.39, 0.29) is 0 Å². The van der Waals surface area contributed by atoms with Gasteiger partial charge in [0.2, 0.25) is 0 Å². The molecule has 0 radical (unpaired) electrons. The van der Waals surface area contributed by atoms with E-state index in [9.17, 15) is 0 Å². The van der Waals surface area contributed by atoms with Gasteiger partial charge in [0.05, 0.1) is 5.69 Å². The summed E-state index contributed by atoms with van der Waals surface area (Å²) in [5, 5.41) is 8.89. The lowest BCUT2D eigenvalue weighted by Gasteiger charge is -2.13. The summed E-state index contributed by atoms with van der Waals surface area (Å²) in [6.07, 6.45) is 1.89. The van der Waals surface area contributed by atoms with Crippen molar-refractivity contribution in [3.05, 3.63) is 32.9 Å². The molecule has 0 spiro atoms. The summed E-state index contributed by atoms with van der Waals surface area (Å²) in [5.41, 5.74) is 4.61. The number of aromatic amines is 1. The van der Waals surface area contributed by atoms with Gasteiger partial charge in [0.15, 0.2) is 10.4 Å². The first-order chi connectivity index (χ1) is 9.61. The predicted octanol–water partition coefficient (Wildman–Crippen LogP) is 3.86. The summed E-state index contributed by atoms with van der Waals surface area (Å²) in [6, 6.07) is 2.49. The van der Waals surface area contributed by atoms with Crippen molar-refractivity contribution in [2.24, 2.45) is 7.05 Å². The lowest BCUT2D eigenvalue weighted by Crippen LogP contribution is -2.10. The summed E-state index contributed by atoms with van der Waals surface area (Å²) in [4.78, 5) is 3.32. The molecular weight excluding hydrogens is 288 g/mol. The second kappa shape index (κ2) is 5.18. The zero-order valence-corrected chi connectivity index (χ0v) is 13.5. The highest BCUT2D eigenvalue weighted by molar-refractivity contribution is 7.71. The van der Waals surface area contributed by atoms with Gasteiger partial charge < -0.3 is 4.98 Å². The molecule has 0 fully saturated rings. The molecule has 0 aliphatic rings. The van der Waals surface area contributed by atoms with E-state index in [4.69, 9.17) is 12.2 Å². The van der Waals surface area contributed by atoms with Crippen LogP contribution in [0, 0.1) is 4.77 Å². The number of aromatic nitrogens is 4. The summed E-state index contributed by atoms with van der Waals surface area (Å²) in [7, 11) is 1.98. The fourth-order valence-corrected chi connectivity index (χ4v) is 3.78. The molecule has 4 nitrogen and oxygen atoms in total. The van der Waals surface area contributed by atoms with Gasteiger partial charge in [0.25, 0.3) is 0 Å². The SMILES string of the molecule is CCc1nn(C)c2c1[nH]c(=S)n2C(C)Cc1ccsc1. The van der Waals surface area contributed by atoms with Gasteiger partial charge in [0.1, 0.15) is 5.52 Å². The van der Waals surface area contributed by atoms with Crippen molar-refractivity contribution in [1.29, 1.82) is 0 Å². The van der Waals surface area contributed by atoms with Crippen LogP contribution in [0.1, 0.15) is 31.1 Å². The molecule has 3 aromatic heterocycles. The molecule has 3 aromatic rings. The van der Waals surface area contributed by atoms with Crippen LogP contribution in [-0.4, -0.2) is 19.3 Å². The van der Waals surface area contributed by atoms with Gasteiger partial charge in [-0.25, -0.2) is 0 Å². The Balaban J connectivity index is 2.08. The van der Waals surface area contributed by atoms with Crippen LogP contribution >= 0.6 is 23.6 Å². The third-order valence-electron chi connectivity index (χ3n) is 3.66. The van der Waals surface area contributed by atoms with Crippen molar-refractivity contribution >= 4 is 34.7 Å². The monoisotopic (exact) mass is 306 g/mol. The standard InChI is InChI=1S/C14H18N4S2/c1-4-11-12-13(17(3)16-11)18(14(19)15-12)9(2)7-10-5-6-20-8-10/h5-6,8-9H,4,7H2,1-3H3,(H,15,19). The van der Waals surface area contributed by atoms with Crippen molar-refractivity contribution in [2.75, 3.05) is 0 Å².